The van der Waals surface area contributed by atoms with E-state index in [1.807, 2.05) is 24.3 Å². The van der Waals surface area contributed by atoms with Gasteiger partial charge in [-0.25, -0.2) is 0 Å². The highest BCUT2D eigenvalue weighted by atomic mass is 79.9. The van der Waals surface area contributed by atoms with E-state index in [1.54, 1.807) is 7.11 Å². The van der Waals surface area contributed by atoms with Crippen LogP contribution in [0.1, 0.15) is 10.4 Å². The summed E-state index contributed by atoms with van der Waals surface area (Å²) in [4.78, 5) is 12.2. The molecule has 1 heterocycles. The molecule has 0 amide bonds. The third-order valence-corrected chi connectivity index (χ3v) is 3.49. The van der Waals surface area contributed by atoms with Gasteiger partial charge in [0, 0.05) is 5.56 Å². The van der Waals surface area contributed by atoms with Crippen LogP contribution in [-0.2, 0) is 4.74 Å². The Bertz CT molecular complexity index is 413. The van der Waals surface area contributed by atoms with Gasteiger partial charge in [0.15, 0.2) is 0 Å². The van der Waals surface area contributed by atoms with E-state index in [-0.39, 0.29) is 22.8 Å². The van der Waals surface area contributed by atoms with Crippen LogP contribution >= 0.6 is 0 Å². The van der Waals surface area contributed by atoms with Gasteiger partial charge in [0.05, 0.1) is 27.4 Å². The molecule has 1 aromatic rings. The average Bonchev–Trinajstić information content (AvgIpc) is 2.39. The molecule has 1 fully saturated rings. The number of carbonyl (C=O) groups excluding carboxylic acids is 1. The minimum atomic E-state index is 0. The van der Waals surface area contributed by atoms with E-state index in [2.05, 4.69) is 7.05 Å². The number of rotatable bonds is 4. The fourth-order valence-electron chi connectivity index (χ4n) is 2.16. The first kappa shape index (κ1) is 16.1. The fraction of sp³-hybridized carbons (Fsp3) is 0.500. The summed E-state index contributed by atoms with van der Waals surface area (Å²) >= 11 is 0. The molecule has 0 aromatic heterocycles. The third-order valence-electron chi connectivity index (χ3n) is 3.49. The van der Waals surface area contributed by atoms with Gasteiger partial charge in [0.1, 0.15) is 25.4 Å². The normalized spacial score (nSPS) is 17.4. The number of methoxy groups -OCH3 is 1. The Morgan fingerprint density at radius 1 is 1.26 bits per heavy atom. The topological polar surface area (TPSA) is 35.5 Å². The Morgan fingerprint density at radius 3 is 2.37 bits per heavy atom. The minimum absolute atomic E-state index is 0. The first-order chi connectivity index (χ1) is 8.63. The summed E-state index contributed by atoms with van der Waals surface area (Å²) in [6.07, 6.45) is 0. The summed E-state index contributed by atoms with van der Waals surface area (Å²) in [5, 5.41) is 0. The Morgan fingerprint density at radius 2 is 1.84 bits per heavy atom. The van der Waals surface area contributed by atoms with Crippen molar-refractivity contribution in [2.24, 2.45) is 0 Å². The molecule has 5 heteroatoms. The SMILES string of the molecule is COc1ccc(C(=O)C[N+]2(C)CCOCC2)cc1.[Br-]. The minimum Gasteiger partial charge on any atom is -1.00 e. The van der Waals surface area contributed by atoms with Gasteiger partial charge in [-0.15, -0.1) is 0 Å². The summed E-state index contributed by atoms with van der Waals surface area (Å²) in [6.45, 7) is 3.83. The van der Waals surface area contributed by atoms with Crippen molar-refractivity contribution in [3.8, 4) is 5.75 Å². The lowest BCUT2D eigenvalue weighted by molar-refractivity contribution is -0.908. The molecule has 0 unspecified atom stereocenters. The molecular weight excluding hydrogens is 310 g/mol. The number of hydrogen-bond acceptors (Lipinski definition) is 3. The maximum Gasteiger partial charge on any atom is 0.216 e. The molecule has 0 aliphatic carbocycles. The molecule has 2 rings (SSSR count). The van der Waals surface area contributed by atoms with Crippen molar-refractivity contribution in [3.63, 3.8) is 0 Å². The molecule has 1 aliphatic rings. The Labute approximate surface area is 124 Å². The zero-order chi connectivity index (χ0) is 13.0. The van der Waals surface area contributed by atoms with Gasteiger partial charge in [-0.1, -0.05) is 0 Å². The van der Waals surface area contributed by atoms with Crippen molar-refractivity contribution in [1.82, 2.24) is 0 Å². The molecule has 1 aromatic carbocycles. The molecule has 0 radical (unpaired) electrons. The molecule has 0 saturated carbocycles. The number of ether oxygens (including phenoxy) is 2. The first-order valence-corrected chi connectivity index (χ1v) is 6.21. The number of hydrogen-bond donors (Lipinski definition) is 0. The molecule has 0 spiro atoms. The van der Waals surface area contributed by atoms with Crippen molar-refractivity contribution < 1.29 is 35.7 Å². The van der Waals surface area contributed by atoms with E-state index >= 15 is 0 Å². The number of benzene rings is 1. The van der Waals surface area contributed by atoms with Crippen LogP contribution in [0.15, 0.2) is 24.3 Å². The van der Waals surface area contributed by atoms with Crippen molar-refractivity contribution >= 4 is 5.78 Å². The van der Waals surface area contributed by atoms with Crippen LogP contribution in [-0.4, -0.2) is 57.3 Å². The van der Waals surface area contributed by atoms with Crippen LogP contribution in [0.5, 0.6) is 5.75 Å². The number of Topliss-reactive ketones (excluding diaryl/α,β-unsaturated/α-hetero) is 1. The summed E-state index contributed by atoms with van der Waals surface area (Å²) in [6, 6.07) is 7.31. The number of nitrogens with zero attached hydrogens (tertiary/aromatic N) is 1. The maximum atomic E-state index is 12.2. The zero-order valence-corrected chi connectivity index (χ0v) is 13.0. The van der Waals surface area contributed by atoms with Crippen molar-refractivity contribution in [2.45, 2.75) is 0 Å². The smallest absolute Gasteiger partial charge is 0.216 e. The summed E-state index contributed by atoms with van der Waals surface area (Å²) in [5.74, 6) is 0.959. The molecule has 4 nitrogen and oxygen atoms in total. The first-order valence-electron chi connectivity index (χ1n) is 6.21. The average molecular weight is 330 g/mol. The Hall–Kier alpha value is -0.910. The predicted molar refractivity (Wildman–Crippen MR) is 68.9 cm³/mol. The number of halogens is 1. The van der Waals surface area contributed by atoms with E-state index in [1.165, 1.54) is 0 Å². The highest BCUT2D eigenvalue weighted by Gasteiger charge is 2.28. The number of morpholine rings is 1. The third kappa shape index (κ3) is 4.30. The predicted octanol–water partition coefficient (Wildman–Crippen LogP) is -1.64. The lowest BCUT2D eigenvalue weighted by atomic mass is 10.1. The van der Waals surface area contributed by atoms with Gasteiger partial charge >= 0.3 is 0 Å². The molecule has 1 saturated heterocycles. The van der Waals surface area contributed by atoms with Gasteiger partial charge in [-0.05, 0) is 24.3 Å². The summed E-state index contributed by atoms with van der Waals surface area (Å²) < 4.78 is 11.2. The maximum absolute atomic E-state index is 12.2. The second-order valence-corrected chi connectivity index (χ2v) is 4.99. The second-order valence-electron chi connectivity index (χ2n) is 4.99. The zero-order valence-electron chi connectivity index (χ0n) is 11.4. The standard InChI is InChI=1S/C14H20NO3.BrH/c1-15(7-9-18-10-8-15)11-14(16)12-3-5-13(17-2)6-4-12;/h3-6H,7-11H2,1-2H3;1H/q+1;/p-1. The van der Waals surface area contributed by atoms with Crippen LogP contribution in [0.2, 0.25) is 0 Å². The van der Waals surface area contributed by atoms with E-state index in [0.29, 0.717) is 6.54 Å². The summed E-state index contributed by atoms with van der Waals surface area (Å²) in [5.41, 5.74) is 0.752. The van der Waals surface area contributed by atoms with Crippen LogP contribution in [0.25, 0.3) is 0 Å². The quantitative estimate of drug-likeness (QED) is 0.491. The highest BCUT2D eigenvalue weighted by Crippen LogP contribution is 2.14. The monoisotopic (exact) mass is 329 g/mol. The second kappa shape index (κ2) is 7.03. The number of ketones is 1. The van der Waals surface area contributed by atoms with Crippen LogP contribution in [0.4, 0.5) is 0 Å². The van der Waals surface area contributed by atoms with Crippen molar-refractivity contribution in [1.29, 1.82) is 0 Å². The van der Waals surface area contributed by atoms with Crippen LogP contribution in [0.3, 0.4) is 0 Å². The Kier molecular flexibility index (Phi) is 5.97. The van der Waals surface area contributed by atoms with E-state index < -0.39 is 0 Å². The van der Waals surface area contributed by atoms with Gasteiger partial charge in [-0.2, -0.15) is 0 Å². The molecular formula is C14H20BrNO3. The molecule has 0 bridgehead atoms. The molecule has 1 aliphatic heterocycles. The summed E-state index contributed by atoms with van der Waals surface area (Å²) in [7, 11) is 3.74. The van der Waals surface area contributed by atoms with Crippen molar-refractivity contribution in [3.05, 3.63) is 29.8 Å². The molecule has 106 valence electrons. The van der Waals surface area contributed by atoms with Crippen LogP contribution < -0.4 is 21.7 Å². The lowest BCUT2D eigenvalue weighted by Crippen LogP contribution is -3.00. The van der Waals surface area contributed by atoms with Gasteiger partial charge in [0.2, 0.25) is 5.78 Å². The van der Waals surface area contributed by atoms with E-state index in [9.17, 15) is 4.79 Å². The largest absolute Gasteiger partial charge is 1.00 e. The Balaban J connectivity index is 0.00000180. The van der Waals surface area contributed by atoms with Crippen LogP contribution in [0, 0.1) is 0 Å². The van der Waals surface area contributed by atoms with Gasteiger partial charge in [0.25, 0.3) is 0 Å². The lowest BCUT2D eigenvalue weighted by Gasteiger charge is -2.36. The number of likely N-dealkylation sites (N-methyl/N-ethyl adjacent to an activating group) is 1. The van der Waals surface area contributed by atoms with Gasteiger partial charge in [-0.3, -0.25) is 4.79 Å². The van der Waals surface area contributed by atoms with Gasteiger partial charge < -0.3 is 30.9 Å². The molecule has 19 heavy (non-hydrogen) atoms. The number of quaternary nitrogens is 1. The molecule has 0 N–H and O–H groups in total. The van der Waals surface area contributed by atoms with E-state index in [4.69, 9.17) is 9.47 Å². The molecule has 0 atom stereocenters. The van der Waals surface area contributed by atoms with Crippen molar-refractivity contribution in [2.75, 3.05) is 47.0 Å². The van der Waals surface area contributed by atoms with E-state index in [0.717, 1.165) is 42.1 Å². The number of carbonyl (C=O) groups is 1. The highest BCUT2D eigenvalue weighted by molar-refractivity contribution is 5.97. The fourth-order valence-corrected chi connectivity index (χ4v) is 2.16.